The summed E-state index contributed by atoms with van der Waals surface area (Å²) in [5.41, 5.74) is 1.06. The first-order chi connectivity index (χ1) is 7.81. The molecule has 0 aliphatic carbocycles. The summed E-state index contributed by atoms with van der Waals surface area (Å²) in [6.45, 7) is 0. The van der Waals surface area contributed by atoms with Crippen molar-refractivity contribution in [3.63, 3.8) is 0 Å². The summed E-state index contributed by atoms with van der Waals surface area (Å²) in [7, 11) is 0. The molecule has 2 heterocycles. The Morgan fingerprint density at radius 1 is 1.44 bits per heavy atom. The molecule has 1 fully saturated rings. The number of hydrogen-bond donors (Lipinski definition) is 1. The van der Waals surface area contributed by atoms with Gasteiger partial charge in [-0.25, -0.2) is 0 Å². The van der Waals surface area contributed by atoms with Crippen molar-refractivity contribution in [2.45, 2.75) is 37.6 Å². The Hall–Kier alpha value is -1.44. The van der Waals surface area contributed by atoms with E-state index >= 15 is 0 Å². The molecule has 0 unspecified atom stereocenters. The molecule has 1 aromatic heterocycles. The summed E-state index contributed by atoms with van der Waals surface area (Å²) in [5.74, 6) is 0. The van der Waals surface area contributed by atoms with Gasteiger partial charge < -0.3 is 9.84 Å². The van der Waals surface area contributed by atoms with E-state index in [1.807, 2.05) is 18.2 Å². The van der Waals surface area contributed by atoms with Gasteiger partial charge in [0.2, 0.25) is 0 Å². The maximum absolute atomic E-state index is 9.68. The van der Waals surface area contributed by atoms with Gasteiger partial charge in [-0.15, -0.1) is 0 Å². The molecule has 0 spiro atoms. The molecule has 4 nitrogen and oxygen atoms in total. The number of nitrogens with zero attached hydrogens (tertiary/aromatic N) is 2. The second-order valence-electron chi connectivity index (χ2n) is 3.95. The molecular formula is C12H14N2O2. The molecule has 0 aromatic carbocycles. The molecule has 2 rings (SSSR count). The molecule has 4 heteroatoms. The van der Waals surface area contributed by atoms with E-state index in [4.69, 9.17) is 10.00 Å². The van der Waals surface area contributed by atoms with Crippen molar-refractivity contribution in [3.05, 3.63) is 30.1 Å². The molecule has 1 aliphatic rings. The number of nitriles is 1. The second kappa shape index (κ2) is 5.06. The van der Waals surface area contributed by atoms with Gasteiger partial charge in [0, 0.05) is 12.4 Å². The number of aliphatic hydroxyl groups excluding tert-OH is 1. The van der Waals surface area contributed by atoms with Crippen LogP contribution in [0.4, 0.5) is 0 Å². The van der Waals surface area contributed by atoms with Gasteiger partial charge >= 0.3 is 0 Å². The average molecular weight is 218 g/mol. The number of rotatable bonds is 2. The molecule has 1 aromatic rings. The van der Waals surface area contributed by atoms with E-state index in [9.17, 15) is 5.11 Å². The van der Waals surface area contributed by atoms with Crippen LogP contribution in [0.25, 0.3) is 0 Å². The van der Waals surface area contributed by atoms with E-state index in [-0.39, 0.29) is 18.6 Å². The number of pyridine rings is 1. The predicted molar refractivity (Wildman–Crippen MR) is 57.3 cm³/mol. The van der Waals surface area contributed by atoms with E-state index in [1.165, 1.54) is 0 Å². The van der Waals surface area contributed by atoms with Crippen LogP contribution in [0.5, 0.6) is 0 Å². The van der Waals surface area contributed by atoms with Crippen LogP contribution in [0.15, 0.2) is 24.5 Å². The fourth-order valence-corrected chi connectivity index (χ4v) is 1.98. The highest BCUT2D eigenvalue weighted by Gasteiger charge is 2.30. The first kappa shape index (κ1) is 11.1. The zero-order chi connectivity index (χ0) is 11.4. The lowest BCUT2D eigenvalue weighted by atomic mass is 9.96. The highest BCUT2D eigenvalue weighted by molar-refractivity contribution is 5.14. The fraction of sp³-hybridized carbons (Fsp3) is 0.500. The molecule has 0 radical (unpaired) electrons. The van der Waals surface area contributed by atoms with Gasteiger partial charge in [-0.05, 0) is 30.5 Å². The number of aliphatic hydroxyl groups is 1. The highest BCUT2D eigenvalue weighted by Crippen LogP contribution is 2.32. The van der Waals surface area contributed by atoms with Crippen molar-refractivity contribution in [1.82, 2.24) is 4.98 Å². The molecule has 1 aliphatic heterocycles. The Bertz CT molecular complexity index is 374. The molecule has 0 saturated carbocycles. The Balaban J connectivity index is 2.06. The first-order valence-corrected chi connectivity index (χ1v) is 5.41. The largest absolute Gasteiger partial charge is 0.390 e. The molecule has 1 saturated heterocycles. The minimum absolute atomic E-state index is 0.0234. The van der Waals surface area contributed by atoms with Crippen LogP contribution in [0, 0.1) is 11.3 Å². The van der Waals surface area contributed by atoms with Gasteiger partial charge in [-0.3, -0.25) is 4.98 Å². The lowest BCUT2D eigenvalue weighted by Gasteiger charge is -2.32. The summed E-state index contributed by atoms with van der Waals surface area (Å²) in [5, 5.41) is 18.3. The zero-order valence-electron chi connectivity index (χ0n) is 8.91. The number of ether oxygens (including phenoxy) is 1. The van der Waals surface area contributed by atoms with E-state index in [2.05, 4.69) is 4.98 Å². The third kappa shape index (κ3) is 2.38. The highest BCUT2D eigenvalue weighted by atomic mass is 16.5. The van der Waals surface area contributed by atoms with Gasteiger partial charge in [0.25, 0.3) is 0 Å². The molecule has 1 N–H and O–H groups in total. The van der Waals surface area contributed by atoms with E-state index < -0.39 is 6.10 Å². The third-order valence-electron chi connectivity index (χ3n) is 2.86. The monoisotopic (exact) mass is 218 g/mol. The topological polar surface area (TPSA) is 66.1 Å². The van der Waals surface area contributed by atoms with Crippen LogP contribution in [0.3, 0.4) is 0 Å². The van der Waals surface area contributed by atoms with E-state index in [1.54, 1.807) is 12.4 Å². The van der Waals surface area contributed by atoms with E-state index in [0.29, 0.717) is 6.42 Å². The van der Waals surface area contributed by atoms with Crippen molar-refractivity contribution in [2.75, 3.05) is 0 Å². The molecule has 0 bridgehead atoms. The van der Waals surface area contributed by atoms with Crippen LogP contribution in [-0.2, 0) is 4.74 Å². The Morgan fingerprint density at radius 2 is 2.19 bits per heavy atom. The fourth-order valence-electron chi connectivity index (χ4n) is 1.98. The summed E-state index contributed by atoms with van der Waals surface area (Å²) >= 11 is 0. The SMILES string of the molecule is N#CC[C@H]1O[C@@H](c2ccncc2)CC[C@@H]1O. The lowest BCUT2D eigenvalue weighted by Crippen LogP contribution is -2.35. The minimum atomic E-state index is -0.516. The number of aromatic nitrogens is 1. The van der Waals surface area contributed by atoms with Crippen molar-refractivity contribution >= 4 is 0 Å². The molecule has 16 heavy (non-hydrogen) atoms. The summed E-state index contributed by atoms with van der Waals surface area (Å²) in [6.07, 6.45) is 4.25. The van der Waals surface area contributed by atoms with Gasteiger partial charge in [-0.1, -0.05) is 0 Å². The molecule has 84 valence electrons. The normalized spacial score (nSPS) is 29.6. The Kier molecular flexibility index (Phi) is 3.50. The Labute approximate surface area is 94.5 Å². The van der Waals surface area contributed by atoms with Gasteiger partial charge in [0.05, 0.1) is 30.8 Å². The molecule has 0 amide bonds. The maximum atomic E-state index is 9.68. The van der Waals surface area contributed by atoms with Crippen LogP contribution in [0.2, 0.25) is 0 Å². The van der Waals surface area contributed by atoms with Crippen molar-refractivity contribution in [2.24, 2.45) is 0 Å². The maximum Gasteiger partial charge on any atom is 0.0971 e. The predicted octanol–water partition coefficient (Wildman–Crippen LogP) is 1.58. The average Bonchev–Trinajstić information content (AvgIpc) is 2.33. The Morgan fingerprint density at radius 3 is 2.88 bits per heavy atom. The zero-order valence-corrected chi connectivity index (χ0v) is 8.91. The van der Waals surface area contributed by atoms with Crippen LogP contribution >= 0.6 is 0 Å². The van der Waals surface area contributed by atoms with Gasteiger partial charge in [-0.2, -0.15) is 5.26 Å². The van der Waals surface area contributed by atoms with Crippen molar-refractivity contribution < 1.29 is 9.84 Å². The van der Waals surface area contributed by atoms with Crippen LogP contribution in [-0.4, -0.2) is 22.3 Å². The number of hydrogen-bond acceptors (Lipinski definition) is 4. The molecular weight excluding hydrogens is 204 g/mol. The van der Waals surface area contributed by atoms with Gasteiger partial charge in [0.15, 0.2) is 0 Å². The smallest absolute Gasteiger partial charge is 0.0971 e. The summed E-state index contributed by atoms with van der Waals surface area (Å²) in [4.78, 5) is 3.95. The second-order valence-corrected chi connectivity index (χ2v) is 3.95. The lowest BCUT2D eigenvalue weighted by molar-refractivity contribution is -0.116. The van der Waals surface area contributed by atoms with Crippen molar-refractivity contribution in [3.8, 4) is 6.07 Å². The quantitative estimate of drug-likeness (QED) is 0.818. The van der Waals surface area contributed by atoms with Gasteiger partial charge in [0.1, 0.15) is 0 Å². The summed E-state index contributed by atoms with van der Waals surface area (Å²) < 4.78 is 5.72. The van der Waals surface area contributed by atoms with Crippen molar-refractivity contribution in [1.29, 1.82) is 5.26 Å². The first-order valence-electron chi connectivity index (χ1n) is 5.41. The van der Waals surface area contributed by atoms with Crippen LogP contribution < -0.4 is 0 Å². The standard InChI is InChI=1S/C12H14N2O2/c13-6-3-12-10(15)1-2-11(16-12)9-4-7-14-8-5-9/h4-5,7-8,10-12,15H,1-3H2/t10-,11+,12+/m0/s1. The third-order valence-corrected chi connectivity index (χ3v) is 2.86. The summed E-state index contributed by atoms with van der Waals surface area (Å²) in [6, 6.07) is 5.86. The van der Waals surface area contributed by atoms with E-state index in [0.717, 1.165) is 12.0 Å². The molecule has 3 atom stereocenters. The minimum Gasteiger partial charge on any atom is -0.390 e. The van der Waals surface area contributed by atoms with Crippen LogP contribution in [0.1, 0.15) is 30.9 Å².